The maximum absolute atomic E-state index is 13.0. The number of piperidine rings is 2. The molecule has 0 spiro atoms. The van der Waals surface area contributed by atoms with Gasteiger partial charge in [-0.2, -0.15) is 0 Å². The van der Waals surface area contributed by atoms with Crippen molar-refractivity contribution in [2.75, 3.05) is 78.7 Å². The van der Waals surface area contributed by atoms with Gasteiger partial charge in [-0.05, 0) is 45.0 Å². The zero-order chi connectivity index (χ0) is 42.4. The van der Waals surface area contributed by atoms with Crippen LogP contribution < -0.4 is 14.8 Å². The summed E-state index contributed by atoms with van der Waals surface area (Å²) in [5, 5.41) is 3.29. The van der Waals surface area contributed by atoms with Crippen LogP contribution >= 0.6 is 24.8 Å². The third-order valence-corrected chi connectivity index (χ3v) is 10.4. The lowest BCUT2D eigenvalue weighted by atomic mass is 10.1. The minimum atomic E-state index is -0.608. The number of nitrogens with one attached hydrogen (secondary N) is 1. The Kier molecular flexibility index (Phi) is 20.4. The second-order valence-corrected chi connectivity index (χ2v) is 16.0. The molecule has 0 saturated carbocycles. The predicted octanol–water partition coefficient (Wildman–Crippen LogP) is 4.25. The molecule has 5 amide bonds. The highest BCUT2D eigenvalue weighted by Gasteiger charge is 2.37. The number of carbonyl (C=O) groups excluding carboxylic acids is 5. The zero-order valence-electron chi connectivity index (χ0n) is 35.8. The van der Waals surface area contributed by atoms with Crippen molar-refractivity contribution in [2.24, 2.45) is 0 Å². The normalized spacial score (nSPS) is 19.8. The van der Waals surface area contributed by atoms with Crippen LogP contribution in [0.1, 0.15) is 60.3 Å². The van der Waals surface area contributed by atoms with Gasteiger partial charge < -0.3 is 43.7 Å². The van der Waals surface area contributed by atoms with Crippen LogP contribution in [0.15, 0.2) is 49.1 Å². The molecule has 20 heteroatoms. The van der Waals surface area contributed by atoms with Crippen LogP contribution in [0.25, 0.3) is 0 Å². The molecule has 0 radical (unpaired) electrons. The maximum Gasteiger partial charge on any atom is 0.410 e. The first-order valence-electron chi connectivity index (χ1n) is 20.5. The number of ether oxygens (including phenoxy) is 5. The Morgan fingerprint density at radius 2 is 1.13 bits per heavy atom. The molecule has 340 valence electrons. The number of piperazine rings is 2. The van der Waals surface area contributed by atoms with Crippen LogP contribution in [0.4, 0.5) is 14.4 Å². The molecule has 0 bridgehead atoms. The number of halogens is 2. The zero-order valence-corrected chi connectivity index (χ0v) is 37.4. The van der Waals surface area contributed by atoms with Crippen molar-refractivity contribution in [3.63, 3.8) is 0 Å². The summed E-state index contributed by atoms with van der Waals surface area (Å²) in [6.45, 7) is 14.5. The minimum Gasteiger partial charge on any atom is -0.490 e. The smallest absolute Gasteiger partial charge is 0.410 e. The fraction of sp³-hybridized carbons (Fsp3) is 0.634. The van der Waals surface area contributed by atoms with E-state index < -0.39 is 23.8 Å². The first kappa shape index (κ1) is 50.5. The number of carbonyl (C=O) groups is 5. The lowest BCUT2D eigenvalue weighted by Gasteiger charge is -2.41. The van der Waals surface area contributed by atoms with Gasteiger partial charge in [0.1, 0.15) is 42.5 Å². The molecule has 4 aliphatic rings. The van der Waals surface area contributed by atoms with E-state index in [0.717, 1.165) is 6.54 Å². The van der Waals surface area contributed by atoms with Gasteiger partial charge >= 0.3 is 18.3 Å². The Balaban J connectivity index is 0.000000323. The molecule has 2 aromatic rings. The summed E-state index contributed by atoms with van der Waals surface area (Å²) in [6, 6.07) is 6.71. The Hall–Kier alpha value is -4.81. The largest absolute Gasteiger partial charge is 0.490 e. The first-order chi connectivity index (χ1) is 28.3. The number of nitrogens with zero attached hydrogens (tertiary/aromatic N) is 7. The monoisotopic (exact) mass is 896 g/mol. The van der Waals surface area contributed by atoms with Gasteiger partial charge in [-0.25, -0.2) is 14.4 Å². The number of amides is 5. The van der Waals surface area contributed by atoms with Crippen molar-refractivity contribution in [1.29, 1.82) is 0 Å². The van der Waals surface area contributed by atoms with Crippen LogP contribution in [0, 0.1) is 0 Å². The number of rotatable bonds is 8. The van der Waals surface area contributed by atoms with Crippen molar-refractivity contribution in [1.82, 2.24) is 39.8 Å². The van der Waals surface area contributed by atoms with Crippen LogP contribution in [0.3, 0.4) is 0 Å². The minimum absolute atomic E-state index is 0. The van der Waals surface area contributed by atoms with Gasteiger partial charge in [-0.15, -0.1) is 24.8 Å². The van der Waals surface area contributed by atoms with Crippen molar-refractivity contribution >= 4 is 54.9 Å². The SMILES string of the molecule is CC(=O)N1CCC(OC(=O)N2CCN(C(=O)OC(C)(C)C)CC2COc2cccnc2)CC1.CC(=O)N1CCC(OC(=O)N2CCNCC2COc2cccnc2)CC1.Cl.Cl. The van der Waals surface area contributed by atoms with Gasteiger partial charge in [0.25, 0.3) is 0 Å². The molecule has 2 atom stereocenters. The van der Waals surface area contributed by atoms with Gasteiger partial charge in [0, 0.05) is 117 Å². The lowest BCUT2D eigenvalue weighted by Crippen LogP contribution is -2.59. The van der Waals surface area contributed by atoms with Crippen LogP contribution in [0.2, 0.25) is 0 Å². The van der Waals surface area contributed by atoms with Crippen molar-refractivity contribution in [2.45, 2.75) is 90.2 Å². The average molecular weight is 898 g/mol. The third-order valence-electron chi connectivity index (χ3n) is 10.4. The van der Waals surface area contributed by atoms with E-state index in [0.29, 0.717) is 96.1 Å². The van der Waals surface area contributed by atoms with E-state index in [4.69, 9.17) is 23.7 Å². The molecule has 6 rings (SSSR count). The van der Waals surface area contributed by atoms with E-state index in [2.05, 4.69) is 15.3 Å². The number of hydrogen-bond donors (Lipinski definition) is 1. The maximum atomic E-state index is 13.0. The summed E-state index contributed by atoms with van der Waals surface area (Å²) in [4.78, 5) is 77.7. The van der Waals surface area contributed by atoms with E-state index in [9.17, 15) is 24.0 Å². The van der Waals surface area contributed by atoms with Gasteiger partial charge in [-0.3, -0.25) is 29.4 Å². The molecular formula is C41H62Cl2N8O10. The highest BCUT2D eigenvalue weighted by atomic mass is 35.5. The number of hydrogen-bond acceptors (Lipinski definition) is 13. The van der Waals surface area contributed by atoms with Gasteiger partial charge in [0.05, 0.1) is 24.5 Å². The molecule has 4 saturated heterocycles. The number of aromatic nitrogens is 2. The number of pyridine rings is 2. The van der Waals surface area contributed by atoms with Crippen LogP contribution in [0.5, 0.6) is 11.5 Å². The van der Waals surface area contributed by atoms with Crippen LogP contribution in [-0.2, 0) is 23.8 Å². The summed E-state index contributed by atoms with van der Waals surface area (Å²) in [5.74, 6) is 1.37. The highest BCUT2D eigenvalue weighted by Crippen LogP contribution is 2.21. The summed E-state index contributed by atoms with van der Waals surface area (Å²) >= 11 is 0. The highest BCUT2D eigenvalue weighted by molar-refractivity contribution is 5.85. The summed E-state index contributed by atoms with van der Waals surface area (Å²) in [7, 11) is 0. The topological polar surface area (TPSA) is 186 Å². The Labute approximate surface area is 370 Å². The quantitative estimate of drug-likeness (QED) is 0.371. The molecule has 61 heavy (non-hydrogen) atoms. The van der Waals surface area contributed by atoms with E-state index in [1.54, 1.807) is 75.3 Å². The Morgan fingerprint density at radius 1 is 0.656 bits per heavy atom. The van der Waals surface area contributed by atoms with Crippen molar-refractivity contribution in [3.05, 3.63) is 49.1 Å². The molecule has 4 aliphatic heterocycles. The second-order valence-electron chi connectivity index (χ2n) is 16.0. The van der Waals surface area contributed by atoms with E-state index in [1.165, 1.54) is 0 Å². The molecular weight excluding hydrogens is 835 g/mol. The summed E-state index contributed by atoms with van der Waals surface area (Å²) in [6.07, 6.45) is 7.68. The van der Waals surface area contributed by atoms with Gasteiger partial charge in [0.2, 0.25) is 11.8 Å². The number of likely N-dealkylation sites (tertiary alicyclic amines) is 2. The van der Waals surface area contributed by atoms with E-state index >= 15 is 0 Å². The Morgan fingerprint density at radius 3 is 1.57 bits per heavy atom. The summed E-state index contributed by atoms with van der Waals surface area (Å²) in [5.41, 5.74) is -0.608. The van der Waals surface area contributed by atoms with E-state index in [1.807, 2.05) is 32.9 Å². The average Bonchev–Trinajstić information content (AvgIpc) is 3.23. The fourth-order valence-corrected chi connectivity index (χ4v) is 7.13. The second kappa shape index (κ2) is 24.6. The van der Waals surface area contributed by atoms with Crippen molar-refractivity contribution < 1.29 is 47.7 Å². The van der Waals surface area contributed by atoms with Gasteiger partial charge in [0.15, 0.2) is 0 Å². The van der Waals surface area contributed by atoms with E-state index in [-0.39, 0.29) is 74.1 Å². The van der Waals surface area contributed by atoms with Crippen molar-refractivity contribution in [3.8, 4) is 11.5 Å². The van der Waals surface area contributed by atoms with Crippen LogP contribution in [-0.4, -0.2) is 173 Å². The summed E-state index contributed by atoms with van der Waals surface area (Å²) < 4.78 is 28.6. The molecule has 6 heterocycles. The third kappa shape index (κ3) is 16.2. The molecule has 18 nitrogen and oxygen atoms in total. The fourth-order valence-electron chi connectivity index (χ4n) is 7.13. The predicted molar refractivity (Wildman–Crippen MR) is 229 cm³/mol. The molecule has 0 aromatic carbocycles. The Bertz CT molecular complexity index is 1680. The van der Waals surface area contributed by atoms with Gasteiger partial charge in [-0.1, -0.05) is 0 Å². The molecule has 1 N–H and O–H groups in total. The first-order valence-corrected chi connectivity index (χ1v) is 20.5. The standard InChI is InChI=1S/C23H34N4O6.C18H26N4O4.2ClH/c1-17(28)25-10-7-19(8-11-25)32-22(30)27-13-12-26(21(29)33-23(2,3)4)15-18(27)16-31-20-6-5-9-24-14-20;1-14(23)21-8-4-16(5-9-21)26-18(24)22-10-7-20-11-15(22)13-25-17-3-2-6-19-12-17;;/h5-6,9,14,18-19H,7-8,10-13,15-16H2,1-4H3;2-3,6,12,15-16,20H,4-5,7-11,13H2,1H3;2*1H. The molecule has 0 aliphatic carbocycles. The molecule has 2 aromatic heterocycles. The molecule has 4 fully saturated rings. The molecule has 2 unspecified atom stereocenters. The lowest BCUT2D eigenvalue weighted by molar-refractivity contribution is -0.131.